The van der Waals surface area contributed by atoms with Gasteiger partial charge in [-0.2, -0.15) is 0 Å². The summed E-state index contributed by atoms with van der Waals surface area (Å²) in [6.07, 6.45) is 2.20. The fourth-order valence-electron chi connectivity index (χ4n) is 9.84. The molecule has 0 bridgehead atoms. The molecule has 350 valence electrons. The van der Waals surface area contributed by atoms with Crippen LogP contribution in [0.1, 0.15) is 91.8 Å². The van der Waals surface area contributed by atoms with Crippen molar-refractivity contribution in [3.8, 4) is 11.5 Å². The normalized spacial score (nSPS) is 29.5. The van der Waals surface area contributed by atoms with E-state index >= 15 is 0 Å². The minimum absolute atomic E-state index is 0.0102. The highest BCUT2D eigenvalue weighted by atomic mass is 35.5. The van der Waals surface area contributed by atoms with Gasteiger partial charge >= 0.3 is 12.1 Å². The molecular formula is C46H65ClN8O8S. The van der Waals surface area contributed by atoms with Crippen LogP contribution in [-0.2, 0) is 19.1 Å². The molecular weight excluding hydrogens is 860 g/mol. The lowest BCUT2D eigenvalue weighted by atomic mass is 9.85. The first-order valence-electron chi connectivity index (χ1n) is 23.1. The topological polar surface area (TPSA) is 187 Å². The molecule has 0 spiro atoms. The third-order valence-electron chi connectivity index (χ3n) is 13.8. The van der Waals surface area contributed by atoms with Crippen LogP contribution in [0.5, 0.6) is 11.5 Å². The summed E-state index contributed by atoms with van der Waals surface area (Å²) in [5.41, 5.74) is -1.06. The lowest BCUT2D eigenvalue weighted by Crippen LogP contribution is -2.59. The van der Waals surface area contributed by atoms with E-state index in [0.29, 0.717) is 70.2 Å². The third-order valence-corrected chi connectivity index (χ3v) is 15.2. The van der Waals surface area contributed by atoms with Crippen LogP contribution in [0.2, 0.25) is 5.02 Å². The number of benzene rings is 1. The number of likely N-dealkylation sites (N-methyl/N-ethyl adjacent to an activating group) is 1. The van der Waals surface area contributed by atoms with E-state index in [1.807, 2.05) is 45.9 Å². The first-order chi connectivity index (χ1) is 30.4. The average molecular weight is 926 g/mol. The Morgan fingerprint density at radius 1 is 1.03 bits per heavy atom. The number of carboxylic acid groups (broad SMARTS) is 1. The number of amidine groups is 1. The summed E-state index contributed by atoms with van der Waals surface area (Å²) < 4.78 is 18.9. The van der Waals surface area contributed by atoms with E-state index in [2.05, 4.69) is 46.6 Å². The molecule has 3 amide bonds. The quantitative estimate of drug-likeness (QED) is 0.180. The van der Waals surface area contributed by atoms with E-state index in [4.69, 9.17) is 35.8 Å². The van der Waals surface area contributed by atoms with Crippen LogP contribution in [0.25, 0.3) is 10.9 Å². The van der Waals surface area contributed by atoms with Crippen molar-refractivity contribution in [1.82, 2.24) is 35.6 Å². The highest BCUT2D eigenvalue weighted by molar-refractivity contribution is 8.14. The molecule has 8 rings (SSSR count). The SMILES string of the molecule is CC[C@@H]1CC1(NC(=O)[C@@H]1C[C@@H](Oc2cc(C3CSC(NC(C)C)=N3)nc3c(Cl)c(OCCN4CCN(C)CC4)ccc23)CN1C(=O)[C@@H](NC(=O)O[C@@H]1C[C@@H]2C[C@@H]2C1)C(C)(C)C)C(=O)O. The number of pyridine rings is 1. The lowest BCUT2D eigenvalue weighted by molar-refractivity contribution is -0.146. The number of piperazine rings is 1. The van der Waals surface area contributed by atoms with Gasteiger partial charge in [0.2, 0.25) is 11.8 Å². The number of ether oxygens (including phenoxy) is 3. The van der Waals surface area contributed by atoms with E-state index in [1.165, 1.54) is 11.3 Å². The van der Waals surface area contributed by atoms with E-state index in [9.17, 15) is 24.3 Å². The number of hydrogen-bond donors (Lipinski definition) is 4. The number of nitrogens with zero attached hydrogens (tertiary/aromatic N) is 5. The number of halogens is 1. The number of aromatic nitrogens is 1. The van der Waals surface area contributed by atoms with E-state index < -0.39 is 53.0 Å². The maximum Gasteiger partial charge on any atom is 0.408 e. The van der Waals surface area contributed by atoms with Crippen LogP contribution in [0.3, 0.4) is 0 Å². The number of fused-ring (bicyclic) bond motifs is 2. The highest BCUT2D eigenvalue weighted by Crippen LogP contribution is 2.52. The standard InChI is InChI=1S/C46H65ClN8O8S/c1-8-28-22-46(28,42(58)59)52-40(56)34-20-30(23-55(34)41(57)39(45(4,5)6)51-44(60)63-29-18-26-17-27(26)19-29)62-36-21-32(33-24-64-43(50-33)48-25(2)3)49-38-31(36)9-10-35(37(38)47)61-16-15-54-13-11-53(7)12-14-54/h9-10,21,25-30,33-34,39H,8,11-20,22-24H2,1-7H3,(H,48,50)(H,51,60)(H,52,56)(H,58,59)/t26-,27+,28-,29+,30-,33?,34+,39-,46?/m1/s1. The van der Waals surface area contributed by atoms with Gasteiger partial charge in [0.25, 0.3) is 0 Å². The van der Waals surface area contributed by atoms with Gasteiger partial charge in [-0.1, -0.05) is 57.5 Å². The number of carbonyl (C=O) groups is 4. The Labute approximate surface area is 385 Å². The zero-order valence-corrected chi connectivity index (χ0v) is 39.7. The number of nitrogens with one attached hydrogen (secondary N) is 3. The van der Waals surface area contributed by atoms with Gasteiger partial charge in [-0.15, -0.1) is 0 Å². The van der Waals surface area contributed by atoms with Crippen molar-refractivity contribution in [3.63, 3.8) is 0 Å². The van der Waals surface area contributed by atoms with Crippen molar-refractivity contribution < 1.29 is 38.5 Å². The van der Waals surface area contributed by atoms with Gasteiger partial charge in [0, 0.05) is 62.4 Å². The monoisotopic (exact) mass is 924 g/mol. The molecule has 0 radical (unpaired) electrons. The Hall–Kier alpha value is -4.06. The summed E-state index contributed by atoms with van der Waals surface area (Å²) in [6, 6.07) is 3.28. The Bertz CT molecular complexity index is 2140. The van der Waals surface area contributed by atoms with Crippen LogP contribution in [0.15, 0.2) is 23.2 Å². The Balaban J connectivity index is 1.08. The second-order valence-electron chi connectivity index (χ2n) is 20.1. The number of amides is 3. The predicted molar refractivity (Wildman–Crippen MR) is 246 cm³/mol. The molecule has 3 saturated carbocycles. The Kier molecular flexibility index (Phi) is 13.6. The van der Waals surface area contributed by atoms with E-state index in [0.717, 1.165) is 50.7 Å². The van der Waals surface area contributed by atoms with Gasteiger partial charge in [-0.25, -0.2) is 14.6 Å². The van der Waals surface area contributed by atoms with Crippen LogP contribution in [0, 0.1) is 23.2 Å². The van der Waals surface area contributed by atoms with Gasteiger partial charge in [-0.3, -0.25) is 19.5 Å². The smallest absolute Gasteiger partial charge is 0.408 e. The third kappa shape index (κ3) is 10.2. The largest absolute Gasteiger partial charge is 0.491 e. The van der Waals surface area contributed by atoms with Gasteiger partial charge in [0.05, 0.1) is 17.8 Å². The van der Waals surface area contributed by atoms with Crippen molar-refractivity contribution in [2.75, 3.05) is 58.7 Å². The van der Waals surface area contributed by atoms with Crippen LogP contribution < -0.4 is 25.4 Å². The van der Waals surface area contributed by atoms with Gasteiger partial charge in [-0.05, 0) is 81.9 Å². The molecule has 6 aliphatic rings. The summed E-state index contributed by atoms with van der Waals surface area (Å²) in [5.74, 6) is 0.411. The molecule has 2 saturated heterocycles. The minimum Gasteiger partial charge on any atom is -0.491 e. The number of carboxylic acids is 1. The van der Waals surface area contributed by atoms with E-state index in [1.54, 1.807) is 11.8 Å². The van der Waals surface area contributed by atoms with Crippen molar-refractivity contribution in [2.45, 2.75) is 122 Å². The van der Waals surface area contributed by atoms with Crippen LogP contribution in [0.4, 0.5) is 4.79 Å². The molecule has 3 aliphatic heterocycles. The second-order valence-corrected chi connectivity index (χ2v) is 21.5. The molecule has 18 heteroatoms. The summed E-state index contributed by atoms with van der Waals surface area (Å²) in [7, 11) is 2.13. The number of hydrogen-bond acceptors (Lipinski definition) is 13. The van der Waals surface area contributed by atoms with Crippen LogP contribution >= 0.6 is 23.4 Å². The molecule has 5 fully saturated rings. The molecule has 3 aliphatic carbocycles. The first-order valence-corrected chi connectivity index (χ1v) is 24.4. The zero-order chi connectivity index (χ0) is 45.7. The van der Waals surface area contributed by atoms with E-state index in [-0.39, 0.29) is 37.1 Å². The minimum atomic E-state index is -1.41. The molecule has 2 unspecified atom stereocenters. The fraction of sp³-hybridized carbons (Fsp3) is 0.696. The van der Waals surface area contributed by atoms with Crippen LogP contribution in [-0.4, -0.2) is 148 Å². The van der Waals surface area contributed by atoms with Gasteiger partial charge in [0.1, 0.15) is 59.0 Å². The summed E-state index contributed by atoms with van der Waals surface area (Å²) in [4.78, 5) is 71.3. The van der Waals surface area contributed by atoms with Crippen molar-refractivity contribution in [1.29, 1.82) is 0 Å². The Morgan fingerprint density at radius 3 is 2.42 bits per heavy atom. The molecule has 64 heavy (non-hydrogen) atoms. The molecule has 2 aromatic rings. The fourth-order valence-corrected chi connectivity index (χ4v) is 11.2. The average Bonchev–Trinajstić information content (AvgIpc) is 3.91. The zero-order valence-electron chi connectivity index (χ0n) is 38.2. The molecule has 4 N–H and O–H groups in total. The summed E-state index contributed by atoms with van der Waals surface area (Å²) in [6.45, 7) is 16.7. The molecule has 1 aromatic heterocycles. The van der Waals surface area contributed by atoms with Gasteiger partial charge < -0.3 is 45.1 Å². The van der Waals surface area contributed by atoms with Gasteiger partial charge in [0.15, 0.2) is 5.17 Å². The summed E-state index contributed by atoms with van der Waals surface area (Å²) >= 11 is 8.77. The molecule has 9 atom stereocenters. The highest BCUT2D eigenvalue weighted by Gasteiger charge is 2.61. The molecule has 16 nitrogen and oxygen atoms in total. The predicted octanol–water partition coefficient (Wildman–Crippen LogP) is 5.31. The molecule has 1 aromatic carbocycles. The number of aliphatic imine (C=N–C) groups is 1. The maximum absolute atomic E-state index is 14.8. The second kappa shape index (κ2) is 18.7. The summed E-state index contributed by atoms with van der Waals surface area (Å²) in [5, 5.41) is 21.1. The number of rotatable bonds is 15. The van der Waals surface area contributed by atoms with Crippen molar-refractivity contribution in [2.24, 2.45) is 28.2 Å². The number of likely N-dealkylation sites (tertiary alicyclic amines) is 1. The Morgan fingerprint density at radius 2 is 1.77 bits per heavy atom. The number of thioether (sulfide) groups is 1. The lowest BCUT2D eigenvalue weighted by Gasteiger charge is -2.35. The number of alkyl carbamates (subject to hydrolysis) is 1. The van der Waals surface area contributed by atoms with Crippen molar-refractivity contribution >= 4 is 63.3 Å². The van der Waals surface area contributed by atoms with Crippen molar-refractivity contribution in [3.05, 3.63) is 28.9 Å². The number of aliphatic carboxylic acids is 1. The number of carbonyl (C=O) groups excluding carboxylic acids is 3. The maximum atomic E-state index is 14.8. The molecule has 4 heterocycles. The first kappa shape index (κ1) is 46.5.